The zero-order chi connectivity index (χ0) is 21.7. The SMILES string of the molecule is Cc1ccc(NC(=O)C(=O)NC[C@H](c2ccc(N(C)C)cc2)[NH+]2CCCC2)cc1F. The second kappa shape index (κ2) is 9.71. The zero-order valence-electron chi connectivity index (χ0n) is 17.8. The molecule has 0 saturated carbocycles. The van der Waals surface area contributed by atoms with Crippen molar-refractivity contribution in [1.29, 1.82) is 0 Å². The fourth-order valence-corrected chi connectivity index (χ4v) is 3.81. The lowest BCUT2D eigenvalue weighted by Gasteiger charge is -2.25. The average Bonchev–Trinajstić information content (AvgIpc) is 3.25. The number of halogens is 1. The highest BCUT2D eigenvalue weighted by atomic mass is 19.1. The first-order valence-electron chi connectivity index (χ1n) is 10.3. The number of hydrogen-bond acceptors (Lipinski definition) is 3. The van der Waals surface area contributed by atoms with E-state index in [4.69, 9.17) is 0 Å². The Bertz CT molecular complexity index is 893. The maximum Gasteiger partial charge on any atom is 0.313 e. The molecule has 1 atom stereocenters. The Kier molecular flexibility index (Phi) is 7.05. The van der Waals surface area contributed by atoms with Gasteiger partial charge in [-0.25, -0.2) is 4.39 Å². The minimum absolute atomic E-state index is 0.0808. The summed E-state index contributed by atoms with van der Waals surface area (Å²) in [5, 5.41) is 5.22. The van der Waals surface area contributed by atoms with Crippen LogP contribution in [0.5, 0.6) is 0 Å². The van der Waals surface area contributed by atoms with E-state index >= 15 is 0 Å². The molecule has 0 radical (unpaired) electrons. The van der Waals surface area contributed by atoms with E-state index in [1.54, 1.807) is 19.1 Å². The predicted octanol–water partition coefficient (Wildman–Crippen LogP) is 1.67. The molecule has 0 aromatic heterocycles. The number of rotatable bonds is 6. The normalized spacial score (nSPS) is 14.9. The van der Waals surface area contributed by atoms with Crippen LogP contribution in [-0.2, 0) is 9.59 Å². The fraction of sp³-hybridized carbons (Fsp3) is 0.391. The third kappa shape index (κ3) is 5.36. The third-order valence-corrected chi connectivity index (χ3v) is 5.65. The van der Waals surface area contributed by atoms with E-state index < -0.39 is 17.6 Å². The van der Waals surface area contributed by atoms with Crippen molar-refractivity contribution in [3.63, 3.8) is 0 Å². The Hall–Kier alpha value is -2.93. The molecule has 3 N–H and O–H groups in total. The predicted molar refractivity (Wildman–Crippen MR) is 116 cm³/mol. The van der Waals surface area contributed by atoms with Crippen LogP contribution >= 0.6 is 0 Å². The van der Waals surface area contributed by atoms with Crippen molar-refractivity contribution < 1.29 is 18.9 Å². The second-order valence-corrected chi connectivity index (χ2v) is 8.03. The van der Waals surface area contributed by atoms with E-state index in [0.717, 1.165) is 37.2 Å². The van der Waals surface area contributed by atoms with Gasteiger partial charge in [0.25, 0.3) is 0 Å². The number of anilines is 2. The first-order valence-corrected chi connectivity index (χ1v) is 10.3. The van der Waals surface area contributed by atoms with Crippen molar-refractivity contribution in [3.05, 3.63) is 59.4 Å². The van der Waals surface area contributed by atoms with Crippen LogP contribution in [0.2, 0.25) is 0 Å². The molecule has 6 nitrogen and oxygen atoms in total. The number of hydrogen-bond donors (Lipinski definition) is 3. The van der Waals surface area contributed by atoms with Gasteiger partial charge in [-0.1, -0.05) is 18.2 Å². The molecule has 2 aromatic carbocycles. The lowest BCUT2D eigenvalue weighted by molar-refractivity contribution is -0.918. The first kappa shape index (κ1) is 21.8. The molecule has 1 saturated heterocycles. The maximum absolute atomic E-state index is 13.7. The first-order chi connectivity index (χ1) is 14.3. The number of nitrogens with one attached hydrogen (secondary N) is 3. The van der Waals surface area contributed by atoms with Crippen molar-refractivity contribution in [3.8, 4) is 0 Å². The standard InChI is InChI=1S/C23H29FN4O2/c1-16-6-9-18(14-20(16)24)26-23(30)22(29)25-15-21(28-12-4-5-13-28)17-7-10-19(11-8-17)27(2)3/h6-11,14,21H,4-5,12-13,15H2,1-3H3,(H,25,29)(H,26,30)/p+1/t21-/m1/s1. The number of likely N-dealkylation sites (tertiary alicyclic amines) is 1. The van der Waals surface area contributed by atoms with Gasteiger partial charge in [-0.3, -0.25) is 9.59 Å². The van der Waals surface area contributed by atoms with Gasteiger partial charge in [0.05, 0.1) is 19.6 Å². The largest absolute Gasteiger partial charge is 0.378 e. The van der Waals surface area contributed by atoms with Gasteiger partial charge in [-0.05, 0) is 36.8 Å². The lowest BCUT2D eigenvalue weighted by atomic mass is 10.0. The number of carbonyl (C=O) groups is 2. The molecule has 1 fully saturated rings. The molecule has 2 amide bonds. The molecule has 1 aliphatic rings. The molecule has 7 heteroatoms. The molecule has 2 aromatic rings. The molecular formula is C23H30FN4O2+. The second-order valence-electron chi connectivity index (χ2n) is 8.03. The van der Waals surface area contributed by atoms with Crippen LogP contribution in [-0.4, -0.2) is 45.5 Å². The minimum Gasteiger partial charge on any atom is -0.378 e. The summed E-state index contributed by atoms with van der Waals surface area (Å²) in [5.41, 5.74) is 3.00. The van der Waals surface area contributed by atoms with Crippen molar-refractivity contribution in [2.24, 2.45) is 0 Å². The summed E-state index contributed by atoms with van der Waals surface area (Å²) in [5.74, 6) is -1.94. The van der Waals surface area contributed by atoms with Gasteiger partial charge in [0.15, 0.2) is 0 Å². The molecule has 0 unspecified atom stereocenters. The van der Waals surface area contributed by atoms with E-state index in [9.17, 15) is 14.0 Å². The summed E-state index contributed by atoms with van der Waals surface area (Å²) in [6.45, 7) is 4.10. The zero-order valence-corrected chi connectivity index (χ0v) is 17.8. The molecular weight excluding hydrogens is 383 g/mol. The molecule has 0 bridgehead atoms. The highest BCUT2D eigenvalue weighted by molar-refractivity contribution is 6.39. The van der Waals surface area contributed by atoms with Crippen molar-refractivity contribution in [2.45, 2.75) is 25.8 Å². The van der Waals surface area contributed by atoms with Gasteiger partial charge in [-0.2, -0.15) is 0 Å². The Morgan fingerprint density at radius 2 is 1.73 bits per heavy atom. The number of aryl methyl sites for hydroxylation is 1. The fourth-order valence-electron chi connectivity index (χ4n) is 3.81. The lowest BCUT2D eigenvalue weighted by Crippen LogP contribution is -3.11. The third-order valence-electron chi connectivity index (χ3n) is 5.65. The number of benzene rings is 2. The van der Waals surface area contributed by atoms with E-state index in [-0.39, 0.29) is 11.7 Å². The molecule has 0 aliphatic carbocycles. The topological polar surface area (TPSA) is 65.9 Å². The number of nitrogens with zero attached hydrogens (tertiary/aromatic N) is 1. The number of amides is 2. The number of quaternary nitrogens is 1. The maximum atomic E-state index is 13.7. The minimum atomic E-state index is -0.795. The molecule has 1 heterocycles. The molecule has 160 valence electrons. The summed E-state index contributed by atoms with van der Waals surface area (Å²) in [4.78, 5) is 28.1. The molecule has 3 rings (SSSR count). The Labute approximate surface area is 177 Å². The number of carbonyl (C=O) groups excluding carboxylic acids is 2. The van der Waals surface area contributed by atoms with Gasteiger partial charge >= 0.3 is 11.8 Å². The van der Waals surface area contributed by atoms with Crippen molar-refractivity contribution in [2.75, 3.05) is 43.9 Å². The summed E-state index contributed by atoms with van der Waals surface area (Å²) < 4.78 is 13.7. The average molecular weight is 414 g/mol. The summed E-state index contributed by atoms with van der Waals surface area (Å²) in [6.07, 6.45) is 2.32. The van der Waals surface area contributed by atoms with Crippen LogP contribution in [0.15, 0.2) is 42.5 Å². The molecule has 1 aliphatic heterocycles. The van der Waals surface area contributed by atoms with Crippen LogP contribution in [0.4, 0.5) is 15.8 Å². The van der Waals surface area contributed by atoms with E-state index in [1.165, 1.54) is 11.0 Å². The van der Waals surface area contributed by atoms with Crippen molar-refractivity contribution >= 4 is 23.2 Å². The summed E-state index contributed by atoms with van der Waals surface area (Å²) in [7, 11) is 3.99. The summed E-state index contributed by atoms with van der Waals surface area (Å²) in [6, 6.07) is 12.7. The smallest absolute Gasteiger partial charge is 0.313 e. The van der Waals surface area contributed by atoms with Crippen LogP contribution < -0.4 is 20.4 Å². The highest BCUT2D eigenvalue weighted by Gasteiger charge is 2.28. The quantitative estimate of drug-likeness (QED) is 0.632. The van der Waals surface area contributed by atoms with Crippen LogP contribution in [0.3, 0.4) is 0 Å². The summed E-state index contributed by atoms with van der Waals surface area (Å²) >= 11 is 0. The van der Waals surface area contributed by atoms with Gasteiger partial charge in [0, 0.05) is 43.9 Å². The molecule has 0 spiro atoms. The van der Waals surface area contributed by atoms with Gasteiger partial charge in [0.1, 0.15) is 11.9 Å². The van der Waals surface area contributed by atoms with Gasteiger partial charge in [0.2, 0.25) is 0 Å². The van der Waals surface area contributed by atoms with Crippen molar-refractivity contribution in [1.82, 2.24) is 5.32 Å². The van der Waals surface area contributed by atoms with Gasteiger partial charge < -0.3 is 20.4 Å². The van der Waals surface area contributed by atoms with E-state index in [0.29, 0.717) is 12.1 Å². The van der Waals surface area contributed by atoms with E-state index in [2.05, 4.69) is 34.9 Å². The van der Waals surface area contributed by atoms with Gasteiger partial charge in [-0.15, -0.1) is 0 Å². The monoisotopic (exact) mass is 413 g/mol. The van der Waals surface area contributed by atoms with Crippen LogP contribution in [0, 0.1) is 12.7 Å². The Morgan fingerprint density at radius 3 is 2.33 bits per heavy atom. The van der Waals surface area contributed by atoms with Crippen LogP contribution in [0.25, 0.3) is 0 Å². The van der Waals surface area contributed by atoms with E-state index in [1.807, 2.05) is 19.0 Å². The Morgan fingerprint density at radius 1 is 1.07 bits per heavy atom. The molecule has 30 heavy (non-hydrogen) atoms. The Balaban J connectivity index is 1.64. The highest BCUT2D eigenvalue weighted by Crippen LogP contribution is 2.17. The van der Waals surface area contributed by atoms with Crippen LogP contribution in [0.1, 0.15) is 30.0 Å².